The molecular formula is C10H9BrFNO. The van der Waals surface area contributed by atoms with Crippen molar-refractivity contribution < 1.29 is 9.18 Å². The molecule has 0 saturated heterocycles. The first-order valence-corrected chi connectivity index (χ1v) is 4.81. The summed E-state index contributed by atoms with van der Waals surface area (Å²) >= 11 is 3.15. The second-order valence-electron chi connectivity index (χ2n) is 3.39. The molecule has 0 aliphatic carbocycles. The minimum absolute atomic E-state index is 0.379. The van der Waals surface area contributed by atoms with E-state index in [9.17, 15) is 9.18 Å². The maximum atomic E-state index is 13.4. The van der Waals surface area contributed by atoms with Gasteiger partial charge in [0, 0.05) is 10.0 Å². The molecule has 14 heavy (non-hydrogen) atoms. The van der Waals surface area contributed by atoms with E-state index in [1.54, 1.807) is 26.0 Å². The van der Waals surface area contributed by atoms with Crippen molar-refractivity contribution in [2.75, 3.05) is 0 Å². The molecule has 0 unspecified atom stereocenters. The molecule has 0 bridgehead atoms. The monoisotopic (exact) mass is 257 g/mol. The molecule has 0 N–H and O–H groups in total. The smallest absolute Gasteiger partial charge is 0.211 e. The fourth-order valence-corrected chi connectivity index (χ4v) is 1.49. The van der Waals surface area contributed by atoms with Gasteiger partial charge in [0.15, 0.2) is 0 Å². The predicted molar refractivity (Wildman–Crippen MR) is 55.2 cm³/mol. The summed E-state index contributed by atoms with van der Waals surface area (Å²) in [5.41, 5.74) is -0.490. The number of hydrogen-bond acceptors (Lipinski definition) is 2. The van der Waals surface area contributed by atoms with Gasteiger partial charge in [0.1, 0.15) is 5.82 Å². The summed E-state index contributed by atoms with van der Waals surface area (Å²) in [6, 6.07) is 4.65. The van der Waals surface area contributed by atoms with Crippen LogP contribution in [0.5, 0.6) is 0 Å². The number of aliphatic imine (C=N–C) groups is 1. The van der Waals surface area contributed by atoms with E-state index in [0.717, 1.165) is 0 Å². The van der Waals surface area contributed by atoms with E-state index < -0.39 is 5.54 Å². The third kappa shape index (κ3) is 2.28. The lowest BCUT2D eigenvalue weighted by atomic mass is 9.95. The van der Waals surface area contributed by atoms with Gasteiger partial charge >= 0.3 is 0 Å². The van der Waals surface area contributed by atoms with Crippen LogP contribution in [-0.2, 0) is 10.3 Å². The van der Waals surface area contributed by atoms with Crippen molar-refractivity contribution in [3.8, 4) is 0 Å². The topological polar surface area (TPSA) is 29.4 Å². The maximum Gasteiger partial charge on any atom is 0.235 e. The van der Waals surface area contributed by atoms with Gasteiger partial charge < -0.3 is 0 Å². The summed E-state index contributed by atoms with van der Waals surface area (Å²) in [4.78, 5) is 13.7. The maximum absolute atomic E-state index is 13.4. The van der Waals surface area contributed by atoms with Crippen LogP contribution >= 0.6 is 15.9 Å². The van der Waals surface area contributed by atoms with Crippen LogP contribution in [0.2, 0.25) is 0 Å². The SMILES string of the molecule is CC(C)(N=C=O)c1ccc(Br)cc1F. The minimum Gasteiger partial charge on any atom is -0.211 e. The fourth-order valence-electron chi connectivity index (χ4n) is 1.16. The molecule has 0 aliphatic heterocycles. The average Bonchev–Trinajstić information content (AvgIpc) is 2.02. The highest BCUT2D eigenvalue weighted by atomic mass is 79.9. The van der Waals surface area contributed by atoms with E-state index in [4.69, 9.17) is 0 Å². The molecule has 1 rings (SSSR count). The summed E-state index contributed by atoms with van der Waals surface area (Å²) < 4.78 is 14.1. The number of hydrogen-bond donors (Lipinski definition) is 0. The van der Waals surface area contributed by atoms with E-state index in [1.807, 2.05) is 0 Å². The number of carbonyl (C=O) groups excluding carboxylic acids is 1. The lowest BCUT2D eigenvalue weighted by Gasteiger charge is -2.18. The molecule has 0 heterocycles. The first-order chi connectivity index (χ1) is 6.47. The van der Waals surface area contributed by atoms with Crippen molar-refractivity contribution in [1.82, 2.24) is 0 Å². The molecule has 2 nitrogen and oxygen atoms in total. The Balaban J connectivity index is 3.25. The molecule has 74 valence electrons. The third-order valence-corrected chi connectivity index (χ3v) is 2.41. The Bertz CT molecular complexity index is 397. The summed E-state index contributed by atoms with van der Waals surface area (Å²) in [6.45, 7) is 3.31. The Labute approximate surface area is 90.0 Å². The molecule has 0 fully saturated rings. The summed E-state index contributed by atoms with van der Waals surface area (Å²) in [7, 11) is 0. The lowest BCUT2D eigenvalue weighted by Crippen LogP contribution is -2.15. The van der Waals surface area contributed by atoms with Crippen molar-refractivity contribution in [2.45, 2.75) is 19.4 Å². The van der Waals surface area contributed by atoms with Crippen LogP contribution < -0.4 is 0 Å². The Morgan fingerprint density at radius 3 is 2.64 bits per heavy atom. The van der Waals surface area contributed by atoms with Crippen LogP contribution in [0.25, 0.3) is 0 Å². The molecule has 1 aromatic rings. The van der Waals surface area contributed by atoms with Crippen LogP contribution in [0.4, 0.5) is 4.39 Å². The standard InChI is InChI=1S/C10H9BrFNO/c1-10(2,13-6-14)8-4-3-7(11)5-9(8)12/h3-5H,1-2H3. The molecule has 0 aliphatic rings. The lowest BCUT2D eigenvalue weighted by molar-refractivity contribution is 0.491. The van der Waals surface area contributed by atoms with Crippen molar-refractivity contribution in [1.29, 1.82) is 0 Å². The molecule has 0 saturated carbocycles. The molecule has 0 amide bonds. The van der Waals surface area contributed by atoms with E-state index in [2.05, 4.69) is 20.9 Å². The fraction of sp³-hybridized carbons (Fsp3) is 0.300. The Kier molecular flexibility index (Phi) is 3.19. The number of halogens is 2. The van der Waals surface area contributed by atoms with Gasteiger partial charge in [0.2, 0.25) is 6.08 Å². The van der Waals surface area contributed by atoms with Gasteiger partial charge in [-0.25, -0.2) is 9.18 Å². The zero-order valence-corrected chi connectivity index (χ0v) is 9.43. The Morgan fingerprint density at radius 1 is 1.50 bits per heavy atom. The molecule has 1 aromatic carbocycles. The van der Waals surface area contributed by atoms with Crippen LogP contribution in [0.1, 0.15) is 19.4 Å². The first kappa shape index (κ1) is 11.1. The van der Waals surface area contributed by atoms with Gasteiger partial charge in [0.25, 0.3) is 0 Å². The van der Waals surface area contributed by atoms with Crippen molar-refractivity contribution in [2.24, 2.45) is 4.99 Å². The van der Waals surface area contributed by atoms with E-state index in [-0.39, 0.29) is 5.82 Å². The quantitative estimate of drug-likeness (QED) is 0.591. The van der Waals surface area contributed by atoms with Crippen LogP contribution in [0.15, 0.2) is 27.7 Å². The van der Waals surface area contributed by atoms with Crippen LogP contribution in [-0.4, -0.2) is 6.08 Å². The number of rotatable bonds is 2. The normalized spacial score (nSPS) is 10.9. The van der Waals surface area contributed by atoms with Gasteiger partial charge in [-0.2, -0.15) is 4.99 Å². The van der Waals surface area contributed by atoms with Gasteiger partial charge in [-0.1, -0.05) is 22.0 Å². The summed E-state index contributed by atoms with van der Waals surface area (Å²) in [5.74, 6) is -0.386. The second-order valence-corrected chi connectivity index (χ2v) is 4.30. The first-order valence-electron chi connectivity index (χ1n) is 4.02. The number of isocyanates is 1. The van der Waals surface area contributed by atoms with E-state index in [1.165, 1.54) is 12.1 Å². The predicted octanol–water partition coefficient (Wildman–Crippen LogP) is 3.16. The highest BCUT2D eigenvalue weighted by Crippen LogP contribution is 2.28. The van der Waals surface area contributed by atoms with Crippen molar-refractivity contribution in [3.63, 3.8) is 0 Å². The van der Waals surface area contributed by atoms with E-state index in [0.29, 0.717) is 10.0 Å². The van der Waals surface area contributed by atoms with Gasteiger partial charge in [-0.3, -0.25) is 0 Å². The van der Waals surface area contributed by atoms with Crippen LogP contribution in [0.3, 0.4) is 0 Å². The highest BCUT2D eigenvalue weighted by molar-refractivity contribution is 9.10. The van der Waals surface area contributed by atoms with E-state index >= 15 is 0 Å². The average molecular weight is 258 g/mol. The van der Waals surface area contributed by atoms with Gasteiger partial charge in [-0.15, -0.1) is 0 Å². The van der Waals surface area contributed by atoms with Gasteiger partial charge in [0.05, 0.1) is 5.54 Å². The zero-order valence-electron chi connectivity index (χ0n) is 7.84. The molecule has 0 radical (unpaired) electrons. The van der Waals surface area contributed by atoms with Gasteiger partial charge in [-0.05, 0) is 26.0 Å². The highest BCUT2D eigenvalue weighted by Gasteiger charge is 2.23. The van der Waals surface area contributed by atoms with Crippen LogP contribution in [0, 0.1) is 5.82 Å². The molecule has 4 heteroatoms. The molecule has 0 atom stereocenters. The zero-order chi connectivity index (χ0) is 10.8. The Morgan fingerprint density at radius 2 is 2.14 bits per heavy atom. The van der Waals surface area contributed by atoms with Crippen molar-refractivity contribution in [3.05, 3.63) is 34.1 Å². The minimum atomic E-state index is -0.869. The second kappa shape index (κ2) is 4.03. The number of nitrogens with zero attached hydrogens (tertiary/aromatic N) is 1. The molecule has 0 spiro atoms. The molecular weight excluding hydrogens is 249 g/mol. The Hall–Kier alpha value is -0.990. The number of benzene rings is 1. The summed E-state index contributed by atoms with van der Waals surface area (Å²) in [6.07, 6.45) is 1.44. The molecule has 0 aromatic heterocycles. The largest absolute Gasteiger partial charge is 0.235 e. The third-order valence-electron chi connectivity index (χ3n) is 1.92. The van der Waals surface area contributed by atoms with Crippen molar-refractivity contribution >= 4 is 22.0 Å². The summed E-state index contributed by atoms with van der Waals surface area (Å²) in [5, 5.41) is 0.